The molecule has 0 spiro atoms. The number of aryl methyl sites for hydroxylation is 1. The molecule has 1 fully saturated rings. The molecule has 0 aliphatic heterocycles. The molecule has 1 amide bonds. The summed E-state index contributed by atoms with van der Waals surface area (Å²) in [5.74, 6) is 0. The van der Waals surface area contributed by atoms with Crippen LogP contribution in [0.5, 0.6) is 0 Å². The van der Waals surface area contributed by atoms with Crippen LogP contribution in [-0.2, 0) is 17.7 Å². The average Bonchev–Trinajstić information content (AvgIpc) is 2.77. The van der Waals surface area contributed by atoms with Gasteiger partial charge in [-0.2, -0.15) is 0 Å². The predicted octanol–water partition coefficient (Wildman–Crippen LogP) is 2.85. The van der Waals surface area contributed by atoms with Crippen LogP contribution in [0.4, 0.5) is 4.79 Å². The summed E-state index contributed by atoms with van der Waals surface area (Å²) in [4.78, 5) is 17.3. The highest BCUT2D eigenvalue weighted by Gasteiger charge is 2.31. The van der Waals surface area contributed by atoms with Crippen molar-refractivity contribution in [2.45, 2.75) is 71.2 Å². The number of carbonyl (C=O) groups excluding carboxylic acids is 1. The first-order chi connectivity index (χ1) is 9.85. The van der Waals surface area contributed by atoms with Crippen molar-refractivity contribution in [2.75, 3.05) is 0 Å². The SMILES string of the molecule is CCc1cnc(CNC2CC(NC(=O)OC(C)(C)C)C2)s1. The minimum atomic E-state index is -0.437. The minimum Gasteiger partial charge on any atom is -0.444 e. The number of hydrogen-bond acceptors (Lipinski definition) is 5. The summed E-state index contributed by atoms with van der Waals surface area (Å²) in [6.07, 6.45) is 4.58. The van der Waals surface area contributed by atoms with Crippen molar-refractivity contribution in [3.05, 3.63) is 16.1 Å². The van der Waals surface area contributed by atoms with E-state index >= 15 is 0 Å². The topological polar surface area (TPSA) is 63.2 Å². The molecule has 1 heterocycles. The number of amides is 1. The lowest BCUT2D eigenvalue weighted by Crippen LogP contribution is -2.52. The molecular formula is C15H25N3O2S. The molecule has 6 heteroatoms. The van der Waals surface area contributed by atoms with Gasteiger partial charge in [0.15, 0.2) is 0 Å². The Morgan fingerprint density at radius 1 is 1.43 bits per heavy atom. The molecule has 1 aliphatic rings. The first-order valence-electron chi connectivity index (χ1n) is 7.52. The molecule has 5 nitrogen and oxygen atoms in total. The van der Waals surface area contributed by atoms with E-state index in [1.54, 1.807) is 11.3 Å². The van der Waals surface area contributed by atoms with Gasteiger partial charge in [0.2, 0.25) is 0 Å². The van der Waals surface area contributed by atoms with Gasteiger partial charge in [-0.1, -0.05) is 6.92 Å². The van der Waals surface area contributed by atoms with Crippen LogP contribution in [0.15, 0.2) is 6.20 Å². The zero-order valence-electron chi connectivity index (χ0n) is 13.2. The zero-order chi connectivity index (χ0) is 15.5. The Morgan fingerprint density at radius 2 is 2.14 bits per heavy atom. The van der Waals surface area contributed by atoms with E-state index in [4.69, 9.17) is 4.74 Å². The summed E-state index contributed by atoms with van der Waals surface area (Å²) >= 11 is 1.76. The number of hydrogen-bond donors (Lipinski definition) is 2. The Labute approximate surface area is 130 Å². The molecule has 2 N–H and O–H groups in total. The van der Waals surface area contributed by atoms with Gasteiger partial charge in [0.05, 0.1) is 0 Å². The molecule has 2 rings (SSSR count). The summed E-state index contributed by atoms with van der Waals surface area (Å²) in [7, 11) is 0. The van der Waals surface area contributed by atoms with Crippen molar-refractivity contribution in [2.24, 2.45) is 0 Å². The van der Waals surface area contributed by atoms with Gasteiger partial charge < -0.3 is 15.4 Å². The van der Waals surface area contributed by atoms with E-state index in [1.165, 1.54) is 4.88 Å². The monoisotopic (exact) mass is 311 g/mol. The average molecular weight is 311 g/mol. The number of thiazole rings is 1. The summed E-state index contributed by atoms with van der Waals surface area (Å²) in [5, 5.41) is 7.51. The highest BCUT2D eigenvalue weighted by atomic mass is 32.1. The molecule has 1 aromatic rings. The normalized spacial score (nSPS) is 21.7. The molecule has 0 unspecified atom stereocenters. The fourth-order valence-corrected chi connectivity index (χ4v) is 3.01. The predicted molar refractivity (Wildman–Crippen MR) is 84.5 cm³/mol. The molecule has 0 atom stereocenters. The fourth-order valence-electron chi connectivity index (χ4n) is 2.20. The van der Waals surface area contributed by atoms with Crippen molar-refractivity contribution in [3.8, 4) is 0 Å². The Morgan fingerprint density at radius 3 is 2.71 bits per heavy atom. The minimum absolute atomic E-state index is 0.222. The van der Waals surface area contributed by atoms with Gasteiger partial charge in [0, 0.05) is 29.7 Å². The molecule has 118 valence electrons. The van der Waals surface area contributed by atoms with Gasteiger partial charge in [-0.25, -0.2) is 9.78 Å². The number of aromatic nitrogens is 1. The van der Waals surface area contributed by atoms with Gasteiger partial charge in [-0.05, 0) is 40.0 Å². The molecule has 1 saturated carbocycles. The zero-order valence-corrected chi connectivity index (χ0v) is 14.0. The lowest BCUT2D eigenvalue weighted by atomic mass is 9.87. The standard InChI is InChI=1S/C15H25N3O2S/c1-5-12-8-17-13(21-12)9-16-10-6-11(7-10)18-14(19)20-15(2,3)4/h8,10-11,16H,5-7,9H2,1-4H3,(H,18,19). The Balaban J connectivity index is 1.62. The van der Waals surface area contributed by atoms with Gasteiger partial charge in [0.25, 0.3) is 0 Å². The summed E-state index contributed by atoms with van der Waals surface area (Å²) in [6.45, 7) is 8.57. The van der Waals surface area contributed by atoms with Gasteiger partial charge in [0.1, 0.15) is 10.6 Å². The number of nitrogens with one attached hydrogen (secondary N) is 2. The Bertz CT molecular complexity index is 476. The van der Waals surface area contributed by atoms with Crippen LogP contribution in [0.3, 0.4) is 0 Å². The maximum atomic E-state index is 11.6. The molecule has 0 saturated heterocycles. The summed E-state index contributed by atoms with van der Waals surface area (Å²) in [6, 6.07) is 0.679. The van der Waals surface area contributed by atoms with Crippen LogP contribution in [0.25, 0.3) is 0 Å². The molecule has 1 aliphatic carbocycles. The number of alkyl carbamates (subject to hydrolysis) is 1. The number of rotatable bonds is 5. The maximum Gasteiger partial charge on any atom is 0.407 e. The third-order valence-electron chi connectivity index (χ3n) is 3.35. The second kappa shape index (κ2) is 6.75. The van der Waals surface area contributed by atoms with Crippen LogP contribution < -0.4 is 10.6 Å². The summed E-state index contributed by atoms with van der Waals surface area (Å²) in [5.41, 5.74) is -0.437. The highest BCUT2D eigenvalue weighted by molar-refractivity contribution is 7.11. The van der Waals surface area contributed by atoms with Gasteiger partial charge >= 0.3 is 6.09 Å². The largest absolute Gasteiger partial charge is 0.444 e. The van der Waals surface area contributed by atoms with Crippen molar-refractivity contribution in [3.63, 3.8) is 0 Å². The lowest BCUT2D eigenvalue weighted by molar-refractivity contribution is 0.0465. The third-order valence-corrected chi connectivity index (χ3v) is 4.49. The molecule has 0 radical (unpaired) electrons. The van der Waals surface area contributed by atoms with Crippen LogP contribution in [0, 0.1) is 0 Å². The van der Waals surface area contributed by atoms with Gasteiger partial charge in [-0.15, -0.1) is 11.3 Å². The highest BCUT2D eigenvalue weighted by Crippen LogP contribution is 2.22. The molecule has 0 bridgehead atoms. The van der Waals surface area contributed by atoms with Crippen LogP contribution in [0.1, 0.15) is 50.4 Å². The van der Waals surface area contributed by atoms with Crippen LogP contribution >= 0.6 is 11.3 Å². The first kappa shape index (κ1) is 16.2. The van der Waals surface area contributed by atoms with Crippen LogP contribution in [0.2, 0.25) is 0 Å². The Hall–Kier alpha value is -1.14. The Kier molecular flexibility index (Phi) is 5.22. The molecule has 0 aromatic carbocycles. The molecular weight excluding hydrogens is 286 g/mol. The van der Waals surface area contributed by atoms with E-state index in [2.05, 4.69) is 22.5 Å². The van der Waals surface area contributed by atoms with Gasteiger partial charge in [-0.3, -0.25) is 0 Å². The fraction of sp³-hybridized carbons (Fsp3) is 0.733. The smallest absolute Gasteiger partial charge is 0.407 e. The third kappa shape index (κ3) is 5.28. The van der Waals surface area contributed by atoms with Crippen LogP contribution in [-0.4, -0.2) is 28.8 Å². The number of carbonyl (C=O) groups is 1. The van der Waals surface area contributed by atoms with E-state index < -0.39 is 5.60 Å². The molecule has 21 heavy (non-hydrogen) atoms. The van der Waals surface area contributed by atoms with Crippen molar-refractivity contribution >= 4 is 17.4 Å². The van der Waals surface area contributed by atoms with Crippen molar-refractivity contribution in [1.82, 2.24) is 15.6 Å². The van der Waals surface area contributed by atoms with Crippen molar-refractivity contribution in [1.29, 1.82) is 0 Å². The van der Waals surface area contributed by atoms with Crippen molar-refractivity contribution < 1.29 is 9.53 Å². The molecule has 1 aromatic heterocycles. The second-order valence-electron chi connectivity index (χ2n) is 6.47. The first-order valence-corrected chi connectivity index (χ1v) is 8.34. The van der Waals surface area contributed by atoms with E-state index in [-0.39, 0.29) is 12.1 Å². The lowest BCUT2D eigenvalue weighted by Gasteiger charge is -2.36. The quantitative estimate of drug-likeness (QED) is 0.877. The second-order valence-corrected chi connectivity index (χ2v) is 7.67. The summed E-state index contributed by atoms with van der Waals surface area (Å²) < 4.78 is 5.24. The van der Waals surface area contributed by atoms with E-state index in [9.17, 15) is 4.79 Å². The number of ether oxygens (including phenoxy) is 1. The van der Waals surface area contributed by atoms with E-state index in [0.29, 0.717) is 6.04 Å². The maximum absolute atomic E-state index is 11.6. The number of nitrogens with zero attached hydrogens (tertiary/aromatic N) is 1. The van der Waals surface area contributed by atoms with E-state index in [0.717, 1.165) is 30.8 Å². The van der Waals surface area contributed by atoms with E-state index in [1.807, 2.05) is 27.0 Å².